The van der Waals surface area contributed by atoms with Crippen LogP contribution in [0.3, 0.4) is 0 Å². The van der Waals surface area contributed by atoms with Gasteiger partial charge in [0.25, 0.3) is 5.91 Å². The molecule has 2 fully saturated rings. The van der Waals surface area contributed by atoms with Crippen LogP contribution in [0.2, 0.25) is 0 Å². The number of fused-ring (bicyclic) bond motifs is 1. The van der Waals surface area contributed by atoms with Gasteiger partial charge in [-0.2, -0.15) is 0 Å². The van der Waals surface area contributed by atoms with Crippen molar-refractivity contribution in [2.75, 3.05) is 46.0 Å². The second-order valence-electron chi connectivity index (χ2n) is 10.9. The molecule has 2 saturated heterocycles. The Hall–Kier alpha value is -3.96. The summed E-state index contributed by atoms with van der Waals surface area (Å²) in [4.78, 5) is 32.4. The van der Waals surface area contributed by atoms with Crippen LogP contribution in [0.4, 0.5) is 0 Å². The van der Waals surface area contributed by atoms with Gasteiger partial charge >= 0.3 is 5.97 Å². The second kappa shape index (κ2) is 13.4. The fourth-order valence-electron chi connectivity index (χ4n) is 5.43. The Morgan fingerprint density at radius 3 is 2.66 bits per heavy atom. The highest BCUT2D eigenvalue weighted by molar-refractivity contribution is 8.26. The maximum Gasteiger partial charge on any atom is 0.335 e. The maximum atomic E-state index is 13.4. The van der Waals surface area contributed by atoms with Gasteiger partial charge in [0, 0.05) is 48.8 Å². The molecule has 4 aromatic rings. The summed E-state index contributed by atoms with van der Waals surface area (Å²) in [5, 5.41) is 10.3. The van der Waals surface area contributed by atoms with Gasteiger partial charge in [-0.05, 0) is 78.1 Å². The Morgan fingerprint density at radius 1 is 1.09 bits per heavy atom. The predicted molar refractivity (Wildman–Crippen MR) is 178 cm³/mol. The molecule has 44 heavy (non-hydrogen) atoms. The minimum absolute atomic E-state index is 0.126. The summed E-state index contributed by atoms with van der Waals surface area (Å²) in [5.41, 5.74) is 6.32. The fraction of sp³-hybridized carbons (Fsp3) is 0.265. The highest BCUT2D eigenvalue weighted by atomic mass is 32.2. The number of H-pyrrole nitrogens is 1. The lowest BCUT2D eigenvalue weighted by Crippen LogP contribution is -2.38. The molecule has 3 aromatic carbocycles. The van der Waals surface area contributed by atoms with Gasteiger partial charge in [0.15, 0.2) is 0 Å². The first-order chi connectivity index (χ1) is 21.4. The lowest BCUT2D eigenvalue weighted by atomic mass is 9.99. The van der Waals surface area contributed by atoms with Crippen LogP contribution in [-0.2, 0) is 16.0 Å². The van der Waals surface area contributed by atoms with E-state index in [-0.39, 0.29) is 11.5 Å². The van der Waals surface area contributed by atoms with Crippen molar-refractivity contribution in [1.29, 1.82) is 0 Å². The summed E-state index contributed by atoms with van der Waals surface area (Å²) in [7, 11) is 0. The van der Waals surface area contributed by atoms with E-state index in [1.165, 1.54) is 17.3 Å². The van der Waals surface area contributed by atoms with Crippen molar-refractivity contribution >= 4 is 57.2 Å². The minimum atomic E-state index is -0.963. The molecule has 6 rings (SSSR count). The molecule has 1 amide bonds. The van der Waals surface area contributed by atoms with Gasteiger partial charge in [-0.3, -0.25) is 14.6 Å². The number of aromatic carboxylic acids is 1. The number of benzene rings is 3. The van der Waals surface area contributed by atoms with Crippen molar-refractivity contribution in [1.82, 2.24) is 14.8 Å². The standard InChI is InChI=1S/C34H33N3O5S2/c1-22-21-35-29-8-7-26(20-27(22)29)28-18-24(4-9-30(28)42-17-14-36-12-15-41-16-13-36)19-31-32(38)37(34(43)44-31)11-10-23-2-5-25(6-3-23)33(39)40/h2-9,18-21,35H,10-17H2,1H3,(H,39,40)/b31-19-. The number of hydrogen-bond acceptors (Lipinski definition) is 7. The van der Waals surface area contributed by atoms with Crippen LogP contribution < -0.4 is 4.74 Å². The zero-order valence-corrected chi connectivity index (χ0v) is 26.0. The third-order valence-corrected chi connectivity index (χ3v) is 9.35. The lowest BCUT2D eigenvalue weighted by molar-refractivity contribution is -0.122. The molecule has 2 N–H and O–H groups in total. The van der Waals surface area contributed by atoms with Gasteiger partial charge in [0.05, 0.1) is 23.7 Å². The number of nitrogens with zero attached hydrogens (tertiary/aromatic N) is 2. The molecule has 0 unspecified atom stereocenters. The van der Waals surface area contributed by atoms with E-state index in [1.807, 2.05) is 24.4 Å². The van der Waals surface area contributed by atoms with Crippen molar-refractivity contribution in [3.8, 4) is 16.9 Å². The van der Waals surface area contributed by atoms with E-state index in [0.717, 1.165) is 71.8 Å². The van der Waals surface area contributed by atoms with Crippen molar-refractivity contribution < 1.29 is 24.2 Å². The van der Waals surface area contributed by atoms with E-state index in [4.69, 9.17) is 26.8 Å². The van der Waals surface area contributed by atoms with E-state index in [9.17, 15) is 9.59 Å². The topological polar surface area (TPSA) is 95.1 Å². The molecule has 3 heterocycles. The Labute approximate surface area is 265 Å². The van der Waals surface area contributed by atoms with Gasteiger partial charge in [-0.15, -0.1) is 0 Å². The Morgan fingerprint density at radius 2 is 1.89 bits per heavy atom. The van der Waals surface area contributed by atoms with Gasteiger partial charge in [-0.25, -0.2) is 4.79 Å². The number of carboxylic acid groups (broad SMARTS) is 1. The molecule has 1 aromatic heterocycles. The largest absolute Gasteiger partial charge is 0.492 e. The van der Waals surface area contributed by atoms with Crippen molar-refractivity contribution in [2.24, 2.45) is 0 Å². The Kier molecular flexibility index (Phi) is 9.13. The van der Waals surface area contributed by atoms with Crippen LogP contribution in [-0.4, -0.2) is 82.1 Å². The first kappa shape index (κ1) is 30.1. The number of aryl methyl sites for hydroxylation is 1. The number of rotatable bonds is 10. The van der Waals surface area contributed by atoms with Gasteiger partial charge in [0.2, 0.25) is 0 Å². The molecule has 2 aliphatic heterocycles. The smallest absolute Gasteiger partial charge is 0.335 e. The lowest BCUT2D eigenvalue weighted by Gasteiger charge is -2.26. The summed E-state index contributed by atoms with van der Waals surface area (Å²) in [6.45, 7) is 7.23. The Balaban J connectivity index is 1.22. The number of carbonyl (C=O) groups excluding carboxylic acids is 1. The normalized spacial score (nSPS) is 16.8. The monoisotopic (exact) mass is 627 g/mol. The quantitative estimate of drug-likeness (QED) is 0.163. The fourth-order valence-corrected chi connectivity index (χ4v) is 6.73. The van der Waals surface area contributed by atoms with Crippen LogP contribution in [0.15, 0.2) is 71.8 Å². The number of carbonyl (C=O) groups is 2. The third kappa shape index (κ3) is 6.73. The highest BCUT2D eigenvalue weighted by Crippen LogP contribution is 2.37. The first-order valence-electron chi connectivity index (χ1n) is 14.6. The number of aromatic amines is 1. The van der Waals surface area contributed by atoms with Crippen LogP contribution in [0.1, 0.15) is 27.0 Å². The van der Waals surface area contributed by atoms with Crippen LogP contribution >= 0.6 is 24.0 Å². The van der Waals surface area contributed by atoms with Crippen molar-refractivity contribution in [3.05, 3.63) is 94.0 Å². The average molecular weight is 628 g/mol. The number of nitrogens with one attached hydrogen (secondary N) is 1. The molecule has 0 bridgehead atoms. The number of aromatic nitrogens is 1. The molecule has 8 nitrogen and oxygen atoms in total. The summed E-state index contributed by atoms with van der Waals surface area (Å²) in [6, 6.07) is 19.1. The number of carboxylic acids is 1. The van der Waals surface area contributed by atoms with Crippen LogP contribution in [0.5, 0.6) is 5.75 Å². The SMILES string of the molecule is Cc1c[nH]c2ccc(-c3cc(/C=C4\SC(=S)N(CCc5ccc(C(=O)O)cc5)C4=O)ccc3OCCN3CCOCC3)cc12. The van der Waals surface area contributed by atoms with Crippen molar-refractivity contribution in [2.45, 2.75) is 13.3 Å². The Bertz CT molecular complexity index is 1740. The van der Waals surface area contributed by atoms with Gasteiger partial charge < -0.3 is 19.6 Å². The molecule has 0 radical (unpaired) electrons. The third-order valence-electron chi connectivity index (χ3n) is 7.97. The molecular formula is C34H33N3O5S2. The number of ether oxygens (including phenoxy) is 2. The zero-order valence-electron chi connectivity index (χ0n) is 24.4. The molecular weight excluding hydrogens is 595 g/mol. The van der Waals surface area contributed by atoms with Crippen LogP contribution in [0, 0.1) is 6.92 Å². The highest BCUT2D eigenvalue weighted by Gasteiger charge is 2.31. The molecule has 226 valence electrons. The number of hydrogen-bond donors (Lipinski definition) is 2. The number of thioether (sulfide) groups is 1. The maximum absolute atomic E-state index is 13.4. The average Bonchev–Trinajstić information content (AvgIpc) is 3.54. The summed E-state index contributed by atoms with van der Waals surface area (Å²) in [5.74, 6) is -0.294. The van der Waals surface area contributed by atoms with E-state index < -0.39 is 5.97 Å². The molecule has 2 aliphatic rings. The molecule has 0 saturated carbocycles. The van der Waals surface area contributed by atoms with E-state index in [2.05, 4.69) is 41.1 Å². The molecule has 0 spiro atoms. The summed E-state index contributed by atoms with van der Waals surface area (Å²) >= 11 is 6.87. The number of thiocarbonyl (C=S) groups is 1. The molecule has 0 aliphatic carbocycles. The molecule has 0 atom stereocenters. The van der Waals surface area contributed by atoms with Gasteiger partial charge in [0.1, 0.15) is 16.7 Å². The number of morpholine rings is 1. The summed E-state index contributed by atoms with van der Waals surface area (Å²) < 4.78 is 12.3. The van der Waals surface area contributed by atoms with E-state index >= 15 is 0 Å². The number of amides is 1. The minimum Gasteiger partial charge on any atom is -0.492 e. The van der Waals surface area contributed by atoms with Gasteiger partial charge in [-0.1, -0.05) is 48.2 Å². The second-order valence-corrected chi connectivity index (χ2v) is 12.6. The predicted octanol–water partition coefficient (Wildman–Crippen LogP) is 6.00. The van der Waals surface area contributed by atoms with E-state index in [1.54, 1.807) is 29.2 Å². The molecule has 10 heteroatoms. The summed E-state index contributed by atoms with van der Waals surface area (Å²) in [6.07, 6.45) is 4.47. The first-order valence-corrected chi connectivity index (χ1v) is 15.8. The zero-order chi connectivity index (χ0) is 30.6. The van der Waals surface area contributed by atoms with Crippen molar-refractivity contribution in [3.63, 3.8) is 0 Å². The van der Waals surface area contributed by atoms with Crippen LogP contribution in [0.25, 0.3) is 28.1 Å². The van der Waals surface area contributed by atoms with E-state index in [0.29, 0.717) is 28.8 Å².